The monoisotopic (exact) mass is 1380 g/mol. The fourth-order valence-corrected chi connectivity index (χ4v) is 13.1. The highest BCUT2D eigenvalue weighted by Crippen LogP contribution is 2.45. The maximum atomic E-state index is 13.1. The highest BCUT2D eigenvalue weighted by Gasteiger charge is 2.30. The van der Waals surface area contributed by atoms with E-state index in [9.17, 15) is 43.2 Å². The Labute approximate surface area is 575 Å². The second kappa shape index (κ2) is 68.2. The van der Waals surface area contributed by atoms with Gasteiger partial charge in [-0.25, -0.2) is 9.13 Å². The predicted molar refractivity (Wildman–Crippen MR) is 382 cm³/mol. The van der Waals surface area contributed by atoms with Crippen LogP contribution in [0, 0.1) is 5.92 Å². The first-order chi connectivity index (χ1) is 45.6. The van der Waals surface area contributed by atoms with Gasteiger partial charge in [-0.2, -0.15) is 0 Å². The van der Waals surface area contributed by atoms with Gasteiger partial charge in [0, 0.05) is 25.7 Å². The van der Waals surface area contributed by atoms with Crippen molar-refractivity contribution in [3.05, 3.63) is 0 Å². The number of carbonyl (C=O) groups is 4. The van der Waals surface area contributed by atoms with Crippen molar-refractivity contribution in [3.8, 4) is 0 Å². The normalized spacial score (nSPS) is 14.3. The Bertz CT molecular complexity index is 1810. The van der Waals surface area contributed by atoms with Crippen LogP contribution in [-0.4, -0.2) is 96.7 Å². The molecule has 0 aliphatic carbocycles. The molecule has 0 spiro atoms. The third-order valence-corrected chi connectivity index (χ3v) is 19.8. The summed E-state index contributed by atoms with van der Waals surface area (Å²) in [5, 5.41) is 10.6. The third kappa shape index (κ3) is 67.3. The molecular weight excluding hydrogens is 1230 g/mol. The molecule has 0 fully saturated rings. The van der Waals surface area contributed by atoms with Gasteiger partial charge in [0.2, 0.25) is 0 Å². The van der Waals surface area contributed by atoms with Crippen molar-refractivity contribution in [3.63, 3.8) is 0 Å². The first-order valence-electron chi connectivity index (χ1n) is 39.2. The lowest BCUT2D eigenvalue weighted by Gasteiger charge is -2.21. The molecule has 3 unspecified atom stereocenters. The Morgan fingerprint density at radius 3 is 0.755 bits per heavy atom. The summed E-state index contributed by atoms with van der Waals surface area (Å²) in [6, 6.07) is 0. The fourth-order valence-electron chi connectivity index (χ4n) is 11.5. The molecule has 0 saturated carbocycles. The van der Waals surface area contributed by atoms with Gasteiger partial charge < -0.3 is 33.8 Å². The molecule has 6 atom stereocenters. The van der Waals surface area contributed by atoms with Crippen LogP contribution >= 0.6 is 15.6 Å². The molecule has 0 aliphatic heterocycles. The van der Waals surface area contributed by atoms with Crippen LogP contribution in [0.1, 0.15) is 394 Å². The number of phosphoric acid groups is 2. The highest BCUT2D eigenvalue weighted by atomic mass is 31.2. The van der Waals surface area contributed by atoms with Crippen molar-refractivity contribution >= 4 is 39.5 Å². The first-order valence-corrected chi connectivity index (χ1v) is 42.2. The van der Waals surface area contributed by atoms with Crippen molar-refractivity contribution in [2.24, 2.45) is 5.92 Å². The maximum absolute atomic E-state index is 13.1. The molecule has 0 saturated heterocycles. The highest BCUT2D eigenvalue weighted by molar-refractivity contribution is 7.47. The Morgan fingerprint density at radius 1 is 0.298 bits per heavy atom. The number of phosphoric ester groups is 2. The van der Waals surface area contributed by atoms with Crippen LogP contribution in [0.3, 0.4) is 0 Å². The van der Waals surface area contributed by atoms with Crippen molar-refractivity contribution in [1.82, 2.24) is 0 Å². The van der Waals surface area contributed by atoms with E-state index in [1.54, 1.807) is 0 Å². The van der Waals surface area contributed by atoms with Gasteiger partial charge in [-0.15, -0.1) is 0 Å². The van der Waals surface area contributed by atoms with Gasteiger partial charge in [0.15, 0.2) is 12.2 Å². The number of aliphatic hydroxyl groups excluding tert-OH is 1. The molecular formula is C75H146O17P2. The molecule has 0 aromatic heterocycles. The molecule has 0 heterocycles. The summed E-state index contributed by atoms with van der Waals surface area (Å²) in [4.78, 5) is 72.8. The van der Waals surface area contributed by atoms with Gasteiger partial charge in [-0.1, -0.05) is 343 Å². The standard InChI is InChI=1S/C75H146O17P2/c1-6-10-13-16-19-22-25-27-29-30-31-32-34-36-39-45-50-55-60-74(79)91-70(64-86-73(78)59-54-49-44-38-35-33-28-26-23-20-17-14-11-7-2)66-89-93(81,82)87-62-69(76)63-88-94(83,84)90-67-71(65-85-72(77)58-53-48-43-37-24-21-18-15-12-8-3)92-75(80)61-56-51-46-41-40-42-47-52-57-68(5)9-4/h68-71,76H,6-67H2,1-5H3,(H,81,82)(H,83,84)/t68?,69-,70-,71-/m1/s1. The smallest absolute Gasteiger partial charge is 0.462 e. The maximum Gasteiger partial charge on any atom is 0.472 e. The van der Waals surface area contributed by atoms with Crippen molar-refractivity contribution in [1.29, 1.82) is 0 Å². The number of rotatable bonds is 75. The molecule has 0 aromatic rings. The van der Waals surface area contributed by atoms with Crippen LogP contribution in [0.15, 0.2) is 0 Å². The summed E-state index contributed by atoms with van der Waals surface area (Å²) in [6.07, 6.45) is 56.7. The van der Waals surface area contributed by atoms with E-state index in [0.29, 0.717) is 25.7 Å². The van der Waals surface area contributed by atoms with Crippen molar-refractivity contribution in [2.75, 3.05) is 39.6 Å². The summed E-state index contributed by atoms with van der Waals surface area (Å²) in [5.74, 6) is -1.35. The minimum absolute atomic E-state index is 0.106. The number of hydrogen-bond donors (Lipinski definition) is 3. The second-order valence-electron chi connectivity index (χ2n) is 27.3. The van der Waals surface area contributed by atoms with E-state index in [1.807, 2.05) is 0 Å². The van der Waals surface area contributed by atoms with Crippen molar-refractivity contribution in [2.45, 2.75) is 412 Å². The van der Waals surface area contributed by atoms with E-state index in [2.05, 4.69) is 34.6 Å². The Morgan fingerprint density at radius 2 is 0.511 bits per heavy atom. The Balaban J connectivity index is 5.24. The Kier molecular flexibility index (Phi) is 66.8. The van der Waals surface area contributed by atoms with Gasteiger partial charge >= 0.3 is 39.5 Å². The quantitative estimate of drug-likeness (QED) is 0.0222. The van der Waals surface area contributed by atoms with Gasteiger partial charge in [0.25, 0.3) is 0 Å². The van der Waals surface area contributed by atoms with E-state index in [4.69, 9.17) is 37.0 Å². The average molecular weight is 1380 g/mol. The van der Waals surface area contributed by atoms with E-state index in [-0.39, 0.29) is 25.7 Å². The van der Waals surface area contributed by atoms with Crippen molar-refractivity contribution < 1.29 is 80.2 Å². The molecule has 0 aromatic carbocycles. The van der Waals surface area contributed by atoms with Crippen LogP contribution in [0.4, 0.5) is 0 Å². The molecule has 0 radical (unpaired) electrons. The average Bonchev–Trinajstić information content (AvgIpc) is 1.44. The lowest BCUT2D eigenvalue weighted by Crippen LogP contribution is -2.30. The first kappa shape index (κ1) is 92.1. The minimum atomic E-state index is -4.96. The van der Waals surface area contributed by atoms with E-state index in [0.717, 1.165) is 95.8 Å². The van der Waals surface area contributed by atoms with Crippen LogP contribution < -0.4 is 0 Å². The van der Waals surface area contributed by atoms with Crippen LogP contribution in [0.25, 0.3) is 0 Å². The largest absolute Gasteiger partial charge is 0.472 e. The molecule has 0 bridgehead atoms. The topological polar surface area (TPSA) is 237 Å². The van der Waals surface area contributed by atoms with E-state index in [1.165, 1.54) is 218 Å². The zero-order valence-corrected chi connectivity index (χ0v) is 62.9. The molecule has 0 rings (SSSR count). The van der Waals surface area contributed by atoms with E-state index >= 15 is 0 Å². The summed E-state index contributed by atoms with van der Waals surface area (Å²) in [7, 11) is -9.91. The minimum Gasteiger partial charge on any atom is -0.462 e. The van der Waals surface area contributed by atoms with Crippen LogP contribution in [0.5, 0.6) is 0 Å². The number of ether oxygens (including phenoxy) is 4. The summed E-state index contributed by atoms with van der Waals surface area (Å²) >= 11 is 0. The molecule has 0 amide bonds. The lowest BCUT2D eigenvalue weighted by molar-refractivity contribution is -0.161. The third-order valence-electron chi connectivity index (χ3n) is 17.9. The SMILES string of the molecule is CCCCCCCCCCCCCCCCCCCCC(=O)O[C@H](COC(=O)CCCCCCCCCCCCCCCC)COP(=O)(O)OC[C@@H](O)COP(=O)(O)OC[C@@H](COC(=O)CCCCCCCCCCCC)OC(=O)CCCCCCCCCCC(C)CC. The zero-order valence-electron chi connectivity index (χ0n) is 61.1. The number of esters is 4. The molecule has 19 heteroatoms. The summed E-state index contributed by atoms with van der Waals surface area (Å²) < 4.78 is 68.5. The zero-order chi connectivity index (χ0) is 69.1. The Hall–Kier alpha value is -1.94. The molecule has 3 N–H and O–H groups in total. The van der Waals surface area contributed by atoms with Gasteiger partial charge in [0.1, 0.15) is 19.3 Å². The summed E-state index contributed by atoms with van der Waals surface area (Å²) in [5.41, 5.74) is 0. The second-order valence-corrected chi connectivity index (χ2v) is 30.2. The molecule has 17 nitrogen and oxygen atoms in total. The number of unbranched alkanes of at least 4 members (excludes halogenated alkanes) is 46. The fraction of sp³-hybridized carbons (Fsp3) is 0.947. The van der Waals surface area contributed by atoms with E-state index < -0.39 is 97.5 Å². The van der Waals surface area contributed by atoms with Gasteiger partial charge in [0.05, 0.1) is 26.4 Å². The van der Waals surface area contributed by atoms with Crippen LogP contribution in [-0.2, 0) is 65.4 Å². The van der Waals surface area contributed by atoms with Gasteiger partial charge in [-0.3, -0.25) is 37.3 Å². The van der Waals surface area contributed by atoms with Crippen LogP contribution in [0.2, 0.25) is 0 Å². The lowest BCUT2D eigenvalue weighted by atomic mass is 9.99. The number of carbonyl (C=O) groups excluding carboxylic acids is 4. The molecule has 94 heavy (non-hydrogen) atoms. The number of aliphatic hydroxyl groups is 1. The van der Waals surface area contributed by atoms with Gasteiger partial charge in [-0.05, 0) is 31.6 Å². The molecule has 0 aliphatic rings. The number of hydrogen-bond acceptors (Lipinski definition) is 15. The summed E-state index contributed by atoms with van der Waals surface area (Å²) in [6.45, 7) is 7.28. The predicted octanol–water partition coefficient (Wildman–Crippen LogP) is 22.1. The molecule has 558 valence electrons.